The van der Waals surface area contributed by atoms with Gasteiger partial charge in [0.1, 0.15) is 0 Å². The number of nitrogens with two attached hydrogens (primary N) is 1. The Morgan fingerprint density at radius 1 is 0.712 bits per heavy atom. The van der Waals surface area contributed by atoms with Gasteiger partial charge in [0.15, 0.2) is 0 Å². The fourth-order valence-electron chi connectivity index (χ4n) is 4.56. The van der Waals surface area contributed by atoms with E-state index in [4.69, 9.17) is 4.79 Å². The summed E-state index contributed by atoms with van der Waals surface area (Å²) < 4.78 is 0. The molecule has 0 saturated heterocycles. The van der Waals surface area contributed by atoms with Gasteiger partial charge in [-0.25, -0.2) is 0 Å². The highest BCUT2D eigenvalue weighted by Crippen LogP contribution is 2.23. The zero-order valence-electron chi connectivity index (χ0n) is 33.2. The molecule has 0 fully saturated rings. The molecule has 298 valence electrons. The third-order valence-corrected chi connectivity index (χ3v) is 9.71. The van der Waals surface area contributed by atoms with E-state index in [1.54, 1.807) is 18.9 Å². The lowest BCUT2D eigenvalue weighted by molar-refractivity contribution is -0.127. The number of carbonyl (C=O) groups excluding carboxylic acids is 4. The van der Waals surface area contributed by atoms with Crippen molar-refractivity contribution in [1.29, 1.82) is 0 Å². The van der Waals surface area contributed by atoms with E-state index in [1.165, 1.54) is 77.6 Å². The Balaban J connectivity index is -0.00000269. The Bertz CT molecular complexity index is 994. The second-order valence-corrected chi connectivity index (χ2v) is 15.0. The second kappa shape index (κ2) is 46.0. The predicted molar refractivity (Wildman–Crippen MR) is 230 cm³/mol. The van der Waals surface area contributed by atoms with Crippen molar-refractivity contribution in [3.8, 4) is 0 Å². The Morgan fingerprint density at radius 2 is 1.17 bits per heavy atom. The smallest absolute Gasteiger partial charge is 0.226 e. The van der Waals surface area contributed by atoms with Gasteiger partial charge in [-0.15, -0.1) is 13.2 Å². The molecule has 1 atom stereocenters. The molecular weight excluding hydrogens is 689 g/mol. The first kappa shape index (κ1) is 53.4. The number of hydrogen-bond donors (Lipinski definition) is 3. The molecule has 10 heteroatoms. The first-order chi connectivity index (χ1) is 25.2. The minimum atomic E-state index is -0.333. The number of amides is 4. The number of primary amides is 1. The summed E-state index contributed by atoms with van der Waals surface area (Å²) in [6, 6.07) is 0.112. The number of hydrogen-bond acceptors (Lipinski definition) is 6. The molecule has 52 heavy (non-hydrogen) atoms. The molecular formula is C42H74N4O4S2. The summed E-state index contributed by atoms with van der Waals surface area (Å²) in [5, 5.41) is 5.33. The molecule has 0 aromatic heterocycles. The lowest BCUT2D eigenvalue weighted by atomic mass is 10.1. The van der Waals surface area contributed by atoms with Gasteiger partial charge in [-0.05, 0) is 64.2 Å². The Morgan fingerprint density at radius 3 is 1.69 bits per heavy atom. The maximum Gasteiger partial charge on any atom is 0.226 e. The summed E-state index contributed by atoms with van der Waals surface area (Å²) in [7, 11) is 7.14. The van der Waals surface area contributed by atoms with Gasteiger partial charge in [-0.1, -0.05) is 128 Å². The molecule has 4 N–H and O–H groups in total. The summed E-state index contributed by atoms with van der Waals surface area (Å²) in [6.07, 6.45) is 43.6. The second-order valence-electron chi connectivity index (χ2n) is 12.4. The van der Waals surface area contributed by atoms with Crippen LogP contribution in [0.2, 0.25) is 0 Å². The lowest BCUT2D eigenvalue weighted by Crippen LogP contribution is -2.33. The Labute approximate surface area is 326 Å². The molecule has 0 bridgehead atoms. The third kappa shape index (κ3) is 51.4. The first-order valence-corrected chi connectivity index (χ1v) is 21.6. The molecule has 0 aliphatic rings. The van der Waals surface area contributed by atoms with Crippen LogP contribution in [0.1, 0.15) is 136 Å². The molecule has 1 unspecified atom stereocenters. The van der Waals surface area contributed by atoms with E-state index in [2.05, 4.69) is 66.0 Å². The molecule has 0 radical (unpaired) electrons. The summed E-state index contributed by atoms with van der Waals surface area (Å²) in [6.45, 7) is 10.3. The topological polar surface area (TPSA) is 122 Å². The van der Waals surface area contributed by atoms with E-state index in [0.29, 0.717) is 12.8 Å². The highest BCUT2D eigenvalue weighted by molar-refractivity contribution is 8.76. The van der Waals surface area contributed by atoms with E-state index in [0.717, 1.165) is 56.5 Å². The molecule has 8 nitrogen and oxygen atoms in total. The van der Waals surface area contributed by atoms with Crippen LogP contribution in [-0.4, -0.2) is 60.7 Å². The quantitative estimate of drug-likeness (QED) is 0.0272. The highest BCUT2D eigenvalue weighted by atomic mass is 33.1. The van der Waals surface area contributed by atoms with Crippen LogP contribution in [0.15, 0.2) is 74.0 Å². The summed E-state index contributed by atoms with van der Waals surface area (Å²) in [5.41, 5.74) is 4.47. The zero-order valence-corrected chi connectivity index (χ0v) is 34.8. The van der Waals surface area contributed by atoms with Crippen LogP contribution >= 0.6 is 21.6 Å². The number of nitrogens with zero attached hydrogens (tertiary/aromatic N) is 1. The monoisotopic (exact) mass is 763 g/mol. The van der Waals surface area contributed by atoms with Crippen molar-refractivity contribution in [2.45, 2.75) is 142 Å². The van der Waals surface area contributed by atoms with Crippen molar-refractivity contribution >= 4 is 45.7 Å². The Kier molecular flexibility index (Phi) is 47.3. The van der Waals surface area contributed by atoms with Crippen molar-refractivity contribution in [2.75, 3.05) is 25.6 Å². The van der Waals surface area contributed by atoms with Gasteiger partial charge < -0.3 is 21.3 Å². The van der Waals surface area contributed by atoms with Crippen LogP contribution in [0.3, 0.4) is 0 Å². The average molecular weight is 763 g/mol. The van der Waals surface area contributed by atoms with E-state index in [9.17, 15) is 14.4 Å². The van der Waals surface area contributed by atoms with E-state index < -0.39 is 0 Å². The van der Waals surface area contributed by atoms with Crippen molar-refractivity contribution < 1.29 is 19.2 Å². The van der Waals surface area contributed by atoms with Gasteiger partial charge in [0.25, 0.3) is 0 Å². The van der Waals surface area contributed by atoms with Crippen LogP contribution in [0, 0.1) is 0 Å². The number of nitrogens with one attached hydrogen (secondary N) is 2. The number of unbranched alkanes of at least 4 members (excludes halogenated alkanes) is 13. The van der Waals surface area contributed by atoms with Crippen LogP contribution in [0.5, 0.6) is 0 Å². The SMILES string of the molecule is C=CC/C=C/CCCCCCCC/C=C/C(CSSCC/C=C/CCCCCCCCC(=O)N(C)/C=C/CC=C)NC(C)=O.CC(N)=O.CNC=O. The van der Waals surface area contributed by atoms with E-state index >= 15 is 0 Å². The van der Waals surface area contributed by atoms with Crippen LogP contribution in [-0.2, 0) is 19.2 Å². The summed E-state index contributed by atoms with van der Waals surface area (Å²) in [4.78, 5) is 43.7. The molecule has 0 aromatic rings. The predicted octanol–water partition coefficient (Wildman–Crippen LogP) is 10.2. The van der Waals surface area contributed by atoms with Gasteiger partial charge >= 0.3 is 0 Å². The van der Waals surface area contributed by atoms with Crippen molar-refractivity contribution in [1.82, 2.24) is 15.5 Å². The normalized spacial score (nSPS) is 11.5. The van der Waals surface area contributed by atoms with Crippen molar-refractivity contribution in [3.05, 3.63) is 74.0 Å². The molecule has 0 saturated carbocycles. The minimum Gasteiger partial charge on any atom is -0.370 e. The van der Waals surface area contributed by atoms with Gasteiger partial charge in [-0.2, -0.15) is 0 Å². The fourth-order valence-corrected chi connectivity index (χ4v) is 6.72. The molecule has 0 aliphatic carbocycles. The van der Waals surface area contributed by atoms with Crippen LogP contribution in [0.25, 0.3) is 0 Å². The molecule has 0 rings (SSSR count). The van der Waals surface area contributed by atoms with E-state index in [-0.39, 0.29) is 23.8 Å². The van der Waals surface area contributed by atoms with Gasteiger partial charge in [0.2, 0.25) is 24.1 Å². The molecule has 4 amide bonds. The number of allylic oxidation sites excluding steroid dienone is 8. The molecule has 0 aromatic carbocycles. The maximum atomic E-state index is 12.1. The van der Waals surface area contributed by atoms with Gasteiger partial charge in [0.05, 0.1) is 6.04 Å². The first-order valence-electron chi connectivity index (χ1n) is 19.1. The molecule has 0 aliphatic heterocycles. The summed E-state index contributed by atoms with van der Waals surface area (Å²) in [5.74, 6) is 1.90. The standard InChI is InChI=1S/C38H64N2O2S2.2C2H5NO/c1-5-7-9-10-11-12-13-14-15-18-21-24-27-31-37(39-36(3)41)35-44-43-34-30-26-23-20-17-16-19-22-25-28-32-38(42)40(4)33-29-8-6-2;1-3-2-4;1-2(3)4/h5-6,9-10,23,26-27,29,31,33,37H,1-2,7-8,11-22,24-25,28,30,32,34-35H2,3-4H3,(H,39,41);2H,1H3,(H,3,4);1H3,(H2,3,4)/b10-9+,26-23+,31-27+,33-29+;;. The number of rotatable bonds is 32. The zero-order chi connectivity index (χ0) is 39.3. The fraction of sp³-hybridized carbons (Fsp3) is 0.619. The third-order valence-electron chi connectivity index (χ3n) is 7.24. The number of carbonyl (C=O) groups is 4. The summed E-state index contributed by atoms with van der Waals surface area (Å²) >= 11 is 0. The average Bonchev–Trinajstić information content (AvgIpc) is 3.11. The molecule has 0 spiro atoms. The lowest BCUT2D eigenvalue weighted by Gasteiger charge is -2.13. The minimum absolute atomic E-state index is 0.0404. The van der Waals surface area contributed by atoms with Crippen LogP contribution in [0.4, 0.5) is 0 Å². The Hall–Kier alpha value is -2.98. The highest BCUT2D eigenvalue weighted by Gasteiger charge is 2.07. The maximum absolute atomic E-state index is 12.1. The van der Waals surface area contributed by atoms with Crippen LogP contribution < -0.4 is 16.4 Å². The van der Waals surface area contributed by atoms with Gasteiger partial charge in [-0.3, -0.25) is 19.2 Å². The molecule has 0 heterocycles. The van der Waals surface area contributed by atoms with Crippen molar-refractivity contribution in [3.63, 3.8) is 0 Å². The van der Waals surface area contributed by atoms with E-state index in [1.807, 2.05) is 53.1 Å². The largest absolute Gasteiger partial charge is 0.370 e. The van der Waals surface area contributed by atoms with Crippen molar-refractivity contribution in [2.24, 2.45) is 5.73 Å². The van der Waals surface area contributed by atoms with Gasteiger partial charge in [0, 0.05) is 52.1 Å².